The monoisotopic (exact) mass is 293 g/mol. The summed E-state index contributed by atoms with van der Waals surface area (Å²) in [4.78, 5) is 12.3. The number of nitrogens with two attached hydrogens (primary N) is 1. The Balaban J connectivity index is 1.77. The molecule has 1 unspecified atom stereocenters. The van der Waals surface area contributed by atoms with Gasteiger partial charge in [0, 0.05) is 17.4 Å². The molecule has 0 aliphatic heterocycles. The van der Waals surface area contributed by atoms with Crippen LogP contribution in [0.5, 0.6) is 0 Å². The van der Waals surface area contributed by atoms with Gasteiger partial charge in [0.2, 0.25) is 0 Å². The number of benzene rings is 2. The van der Waals surface area contributed by atoms with Crippen LogP contribution in [0.15, 0.2) is 54.6 Å². The number of rotatable bonds is 6. The van der Waals surface area contributed by atoms with Crippen molar-refractivity contribution in [3.8, 4) is 0 Å². The lowest BCUT2D eigenvalue weighted by Gasteiger charge is -2.29. The molecule has 22 heavy (non-hydrogen) atoms. The van der Waals surface area contributed by atoms with E-state index in [1.807, 2.05) is 24.3 Å². The molecule has 0 fully saturated rings. The van der Waals surface area contributed by atoms with Crippen molar-refractivity contribution in [2.45, 2.75) is 37.5 Å². The van der Waals surface area contributed by atoms with E-state index in [2.05, 4.69) is 30.3 Å². The van der Waals surface area contributed by atoms with Crippen molar-refractivity contribution in [1.29, 1.82) is 0 Å². The van der Waals surface area contributed by atoms with Crippen LogP contribution in [-0.4, -0.2) is 12.3 Å². The minimum atomic E-state index is -0.0444. The lowest BCUT2D eigenvalue weighted by molar-refractivity contribution is 0.0968. The van der Waals surface area contributed by atoms with Gasteiger partial charge in [0.15, 0.2) is 5.78 Å². The summed E-state index contributed by atoms with van der Waals surface area (Å²) in [6.07, 6.45) is 4.69. The third-order valence-corrected chi connectivity index (χ3v) is 4.88. The first-order valence-electron chi connectivity index (χ1n) is 8.12. The van der Waals surface area contributed by atoms with Gasteiger partial charge in [0.25, 0.3) is 0 Å². The summed E-state index contributed by atoms with van der Waals surface area (Å²) < 4.78 is 0. The molecule has 0 saturated heterocycles. The van der Waals surface area contributed by atoms with E-state index in [-0.39, 0.29) is 11.2 Å². The third kappa shape index (κ3) is 2.84. The van der Waals surface area contributed by atoms with Crippen molar-refractivity contribution in [2.24, 2.45) is 5.73 Å². The number of carbonyl (C=O) groups excluding carboxylic acids is 1. The van der Waals surface area contributed by atoms with Gasteiger partial charge in [-0.05, 0) is 43.4 Å². The summed E-state index contributed by atoms with van der Waals surface area (Å²) >= 11 is 0. The number of ketones is 1. The summed E-state index contributed by atoms with van der Waals surface area (Å²) in [5.41, 5.74) is 9.32. The standard InChI is InChI=1S/C20H23NO/c21-14-13-20(12-6-9-16-7-2-1-3-8-16)15-19(22)17-10-4-5-11-18(17)20/h1-5,7-8,10-11H,6,9,12-15,21H2. The SMILES string of the molecule is NCCC1(CCCc2ccccc2)CC(=O)c2ccccc21. The highest BCUT2D eigenvalue weighted by Gasteiger charge is 2.41. The van der Waals surface area contributed by atoms with Crippen LogP contribution in [0.3, 0.4) is 0 Å². The molecule has 0 bridgehead atoms. The number of carbonyl (C=O) groups is 1. The highest BCUT2D eigenvalue weighted by atomic mass is 16.1. The van der Waals surface area contributed by atoms with Gasteiger partial charge in [-0.25, -0.2) is 0 Å². The van der Waals surface area contributed by atoms with Gasteiger partial charge in [-0.15, -0.1) is 0 Å². The summed E-state index contributed by atoms with van der Waals surface area (Å²) in [5.74, 6) is 0.281. The van der Waals surface area contributed by atoms with Gasteiger partial charge >= 0.3 is 0 Å². The number of aryl methyl sites for hydroxylation is 1. The van der Waals surface area contributed by atoms with Crippen molar-refractivity contribution in [1.82, 2.24) is 0 Å². The molecule has 2 aromatic rings. The van der Waals surface area contributed by atoms with Gasteiger partial charge < -0.3 is 5.73 Å². The third-order valence-electron chi connectivity index (χ3n) is 4.88. The maximum absolute atomic E-state index is 12.3. The fourth-order valence-corrected chi connectivity index (χ4v) is 3.81. The van der Waals surface area contributed by atoms with Gasteiger partial charge in [-0.1, -0.05) is 54.6 Å². The lowest BCUT2D eigenvalue weighted by Crippen LogP contribution is -2.27. The molecule has 0 radical (unpaired) electrons. The maximum Gasteiger partial charge on any atom is 0.164 e. The van der Waals surface area contributed by atoms with Crippen molar-refractivity contribution in [3.63, 3.8) is 0 Å². The molecule has 114 valence electrons. The Morgan fingerprint density at radius 2 is 1.68 bits per heavy atom. The normalized spacial score (nSPS) is 20.1. The Morgan fingerprint density at radius 3 is 2.45 bits per heavy atom. The Bertz CT molecular complexity index is 650. The van der Waals surface area contributed by atoms with Crippen LogP contribution >= 0.6 is 0 Å². The van der Waals surface area contributed by atoms with Gasteiger partial charge in [0.1, 0.15) is 0 Å². The molecule has 3 rings (SSSR count). The van der Waals surface area contributed by atoms with E-state index in [0.29, 0.717) is 13.0 Å². The summed E-state index contributed by atoms with van der Waals surface area (Å²) in [6.45, 7) is 0.632. The van der Waals surface area contributed by atoms with Crippen LogP contribution in [0.4, 0.5) is 0 Å². The Morgan fingerprint density at radius 1 is 0.955 bits per heavy atom. The molecule has 0 spiro atoms. The largest absolute Gasteiger partial charge is 0.330 e. The van der Waals surface area contributed by atoms with E-state index in [0.717, 1.165) is 31.2 Å². The zero-order valence-electron chi connectivity index (χ0n) is 12.9. The molecule has 2 aromatic carbocycles. The van der Waals surface area contributed by atoms with Crippen LogP contribution in [0, 0.1) is 0 Å². The number of hydrogen-bond donors (Lipinski definition) is 1. The first kappa shape index (κ1) is 15.0. The molecule has 2 N–H and O–H groups in total. The van der Waals surface area contributed by atoms with E-state index < -0.39 is 0 Å². The minimum Gasteiger partial charge on any atom is -0.330 e. The first-order chi connectivity index (χ1) is 10.7. The average Bonchev–Trinajstić information content (AvgIpc) is 2.82. The smallest absolute Gasteiger partial charge is 0.164 e. The predicted octanol–water partition coefficient (Wildman–Crippen LogP) is 3.88. The Labute approximate surface area is 132 Å². The van der Waals surface area contributed by atoms with Crippen LogP contribution in [0.1, 0.15) is 47.2 Å². The molecule has 1 aliphatic carbocycles. The second-order valence-corrected chi connectivity index (χ2v) is 6.30. The molecule has 0 saturated carbocycles. The highest BCUT2D eigenvalue weighted by Crippen LogP contribution is 2.44. The predicted molar refractivity (Wildman–Crippen MR) is 90.1 cm³/mol. The van der Waals surface area contributed by atoms with Gasteiger partial charge in [0.05, 0.1) is 0 Å². The van der Waals surface area contributed by atoms with E-state index >= 15 is 0 Å². The number of hydrogen-bond acceptors (Lipinski definition) is 2. The number of Topliss-reactive ketones (excluding diaryl/α,β-unsaturated/α-hetero) is 1. The van der Waals surface area contributed by atoms with Gasteiger partial charge in [-0.2, -0.15) is 0 Å². The molecule has 1 aliphatic rings. The van der Waals surface area contributed by atoms with E-state index in [4.69, 9.17) is 5.73 Å². The zero-order valence-corrected chi connectivity index (χ0v) is 12.9. The summed E-state index contributed by atoms with van der Waals surface area (Å²) in [5, 5.41) is 0. The molecule has 1 atom stereocenters. The second kappa shape index (κ2) is 6.45. The van der Waals surface area contributed by atoms with Crippen molar-refractivity contribution < 1.29 is 4.79 Å². The molecule has 0 aromatic heterocycles. The second-order valence-electron chi connectivity index (χ2n) is 6.30. The number of fused-ring (bicyclic) bond motifs is 1. The van der Waals surface area contributed by atoms with Crippen molar-refractivity contribution in [3.05, 3.63) is 71.3 Å². The maximum atomic E-state index is 12.3. The Hall–Kier alpha value is -1.93. The zero-order chi connectivity index (χ0) is 15.4. The summed E-state index contributed by atoms with van der Waals surface area (Å²) in [7, 11) is 0. The van der Waals surface area contributed by atoms with E-state index in [1.54, 1.807) is 0 Å². The van der Waals surface area contributed by atoms with Crippen molar-refractivity contribution in [2.75, 3.05) is 6.54 Å². The average molecular weight is 293 g/mol. The molecule has 2 heteroatoms. The molecular weight excluding hydrogens is 270 g/mol. The lowest BCUT2D eigenvalue weighted by atomic mass is 9.74. The Kier molecular flexibility index (Phi) is 4.39. The molecule has 0 amide bonds. The van der Waals surface area contributed by atoms with E-state index in [1.165, 1.54) is 11.1 Å². The fraction of sp³-hybridized carbons (Fsp3) is 0.350. The molecule has 0 heterocycles. The minimum absolute atomic E-state index is 0.0444. The molecular formula is C20H23NO. The highest BCUT2D eigenvalue weighted by molar-refractivity contribution is 6.02. The fourth-order valence-electron chi connectivity index (χ4n) is 3.81. The first-order valence-corrected chi connectivity index (χ1v) is 8.12. The summed E-state index contributed by atoms with van der Waals surface area (Å²) in [6, 6.07) is 18.6. The topological polar surface area (TPSA) is 43.1 Å². The van der Waals surface area contributed by atoms with Gasteiger partial charge in [-0.3, -0.25) is 4.79 Å². The van der Waals surface area contributed by atoms with Crippen LogP contribution in [0.25, 0.3) is 0 Å². The quantitative estimate of drug-likeness (QED) is 0.878. The molecule has 2 nitrogen and oxygen atoms in total. The van der Waals surface area contributed by atoms with Crippen molar-refractivity contribution >= 4 is 5.78 Å². The van der Waals surface area contributed by atoms with E-state index in [9.17, 15) is 4.79 Å². The van der Waals surface area contributed by atoms with Crippen LogP contribution < -0.4 is 5.73 Å². The van der Waals surface area contributed by atoms with Crippen LogP contribution in [0.2, 0.25) is 0 Å². The van der Waals surface area contributed by atoms with Crippen LogP contribution in [-0.2, 0) is 11.8 Å².